The molecular formula is C21H22Cl2Zr-2. The minimum absolute atomic E-state index is 0. The zero-order valence-corrected chi connectivity index (χ0v) is 18.2. The molecule has 2 aliphatic carbocycles. The van der Waals surface area contributed by atoms with Crippen LogP contribution in [-0.2, 0) is 30.7 Å². The summed E-state index contributed by atoms with van der Waals surface area (Å²) in [5, 5.41) is 0. The molecule has 0 spiro atoms. The van der Waals surface area contributed by atoms with Gasteiger partial charge in [0, 0.05) is 0 Å². The number of allylic oxidation sites excluding steroid dienone is 2. The van der Waals surface area contributed by atoms with Crippen molar-refractivity contribution >= 4 is 3.21 Å². The van der Waals surface area contributed by atoms with Crippen molar-refractivity contribution in [3.05, 3.63) is 71.8 Å². The van der Waals surface area contributed by atoms with Gasteiger partial charge in [-0.25, -0.2) is 0 Å². The third-order valence-corrected chi connectivity index (χ3v) is 3.43. The van der Waals surface area contributed by atoms with Crippen LogP contribution >= 0.6 is 0 Å². The third kappa shape index (κ3) is 7.60. The fourth-order valence-corrected chi connectivity index (χ4v) is 2.51. The Labute approximate surface area is 173 Å². The number of halogens is 2. The molecule has 0 atom stereocenters. The molecule has 0 aromatic heterocycles. The maximum Gasteiger partial charge on any atom is -0.0253 e. The molecule has 2 aliphatic rings. The van der Waals surface area contributed by atoms with Gasteiger partial charge >= 0.3 is 41.3 Å². The Morgan fingerprint density at radius 3 is 2.25 bits per heavy atom. The molecule has 0 unspecified atom stereocenters. The second-order valence-corrected chi connectivity index (χ2v) is 8.15. The van der Waals surface area contributed by atoms with E-state index in [1.807, 2.05) is 6.07 Å². The van der Waals surface area contributed by atoms with Crippen LogP contribution in [0.15, 0.2) is 48.5 Å². The molecule has 0 bridgehead atoms. The second-order valence-electron chi connectivity index (χ2n) is 5.70. The van der Waals surface area contributed by atoms with E-state index in [4.69, 9.17) is 0 Å². The van der Waals surface area contributed by atoms with Gasteiger partial charge in [0.05, 0.1) is 0 Å². The van der Waals surface area contributed by atoms with Crippen molar-refractivity contribution in [2.75, 3.05) is 0 Å². The predicted octanol–water partition coefficient (Wildman–Crippen LogP) is -0.659. The Balaban J connectivity index is 0.000000409. The summed E-state index contributed by atoms with van der Waals surface area (Å²) in [7, 11) is 0. The SMILES string of the molecule is C[C](C)=[Zr+2].[C-]1=CCCC1.[Cl-].[Cl-].[c-]1cccc2c1Cc1ccccc1-2. The first-order chi connectivity index (χ1) is 10.7. The smallest absolute Gasteiger partial charge is 0.0253 e. The number of fused-ring (bicyclic) bond motifs is 3. The van der Waals surface area contributed by atoms with Gasteiger partial charge in [-0.15, -0.1) is 5.56 Å². The molecular weight excluding hydrogens is 414 g/mol. The van der Waals surface area contributed by atoms with Crippen molar-refractivity contribution in [2.24, 2.45) is 0 Å². The van der Waals surface area contributed by atoms with Gasteiger partial charge in [0.1, 0.15) is 0 Å². The molecule has 0 saturated heterocycles. The maximum atomic E-state index is 3.30. The van der Waals surface area contributed by atoms with Crippen molar-refractivity contribution in [1.82, 2.24) is 0 Å². The molecule has 0 aliphatic heterocycles. The van der Waals surface area contributed by atoms with E-state index in [0.717, 1.165) is 6.42 Å². The molecule has 3 heteroatoms. The summed E-state index contributed by atoms with van der Waals surface area (Å²) >= 11 is 1.55. The maximum absolute atomic E-state index is 3.30. The third-order valence-electron chi connectivity index (χ3n) is 3.43. The van der Waals surface area contributed by atoms with E-state index < -0.39 is 0 Å². The van der Waals surface area contributed by atoms with Crippen molar-refractivity contribution in [2.45, 2.75) is 39.5 Å². The summed E-state index contributed by atoms with van der Waals surface area (Å²) in [4.78, 5) is 0. The number of rotatable bonds is 0. The Bertz CT molecular complexity index is 609. The minimum Gasteiger partial charge on any atom is -1.00 e. The first-order valence-corrected chi connectivity index (χ1v) is 9.06. The van der Waals surface area contributed by atoms with Gasteiger partial charge in [0.2, 0.25) is 0 Å². The van der Waals surface area contributed by atoms with E-state index in [0.29, 0.717) is 0 Å². The van der Waals surface area contributed by atoms with Gasteiger partial charge < -0.3 is 30.9 Å². The predicted molar refractivity (Wildman–Crippen MR) is 91.5 cm³/mol. The Morgan fingerprint density at radius 1 is 1.00 bits per heavy atom. The van der Waals surface area contributed by atoms with Crippen LogP contribution in [0.5, 0.6) is 0 Å². The summed E-state index contributed by atoms with van der Waals surface area (Å²) in [6.45, 7) is 4.25. The zero-order valence-electron chi connectivity index (χ0n) is 14.2. The van der Waals surface area contributed by atoms with Crippen molar-refractivity contribution in [1.29, 1.82) is 0 Å². The first kappa shape index (κ1) is 23.5. The standard InChI is InChI=1S/C13H9.C5H7.C3H6.2ClH.Zr/c1-3-7-12-10(5-1)9-11-6-2-4-8-13(11)12;1-2-4-5-3-1;1-3-2;;;/h1-5,7-8H,9H2;1H,2,4-5H2;1-2H3;2*1H;/q2*-1;;;;+2/p-2. The van der Waals surface area contributed by atoms with Crippen molar-refractivity contribution < 1.29 is 49.0 Å². The van der Waals surface area contributed by atoms with E-state index in [1.54, 1.807) is 24.2 Å². The Hall–Kier alpha value is -0.487. The zero-order chi connectivity index (χ0) is 15.8. The summed E-state index contributed by atoms with van der Waals surface area (Å²) in [5.74, 6) is 0. The summed E-state index contributed by atoms with van der Waals surface area (Å²) < 4.78 is 1.51. The van der Waals surface area contributed by atoms with Gasteiger partial charge in [-0.05, 0) is 6.42 Å². The van der Waals surface area contributed by atoms with Crippen molar-refractivity contribution in [3.8, 4) is 11.1 Å². The molecule has 126 valence electrons. The second kappa shape index (κ2) is 12.8. The van der Waals surface area contributed by atoms with Crippen LogP contribution < -0.4 is 24.8 Å². The fourth-order valence-electron chi connectivity index (χ4n) is 2.51. The van der Waals surface area contributed by atoms with E-state index in [-0.39, 0.29) is 24.8 Å². The first-order valence-electron chi connectivity index (χ1n) is 7.83. The van der Waals surface area contributed by atoms with Gasteiger partial charge in [-0.3, -0.25) is 6.08 Å². The molecule has 4 rings (SSSR count). The molecule has 0 N–H and O–H groups in total. The summed E-state index contributed by atoms with van der Waals surface area (Å²) in [5.41, 5.74) is 5.51. The molecule has 0 amide bonds. The van der Waals surface area contributed by atoms with E-state index in [2.05, 4.69) is 68.5 Å². The Kier molecular flexibility index (Phi) is 12.6. The largest absolute Gasteiger partial charge is 1.00 e. The van der Waals surface area contributed by atoms with E-state index in [1.165, 1.54) is 44.7 Å². The van der Waals surface area contributed by atoms with Gasteiger partial charge in [-0.1, -0.05) is 48.2 Å². The average Bonchev–Trinajstić information content (AvgIpc) is 3.18. The molecule has 0 radical (unpaired) electrons. The average molecular weight is 437 g/mol. The Morgan fingerprint density at radius 2 is 1.67 bits per heavy atom. The van der Waals surface area contributed by atoms with Crippen LogP contribution in [0.4, 0.5) is 0 Å². The van der Waals surface area contributed by atoms with E-state index >= 15 is 0 Å². The fraction of sp³-hybridized carbons (Fsp3) is 0.286. The van der Waals surface area contributed by atoms with Crippen LogP contribution in [0.25, 0.3) is 11.1 Å². The van der Waals surface area contributed by atoms with Crippen LogP contribution in [0, 0.1) is 12.1 Å². The molecule has 2 aromatic rings. The number of hydrogen-bond donors (Lipinski definition) is 0. The quantitative estimate of drug-likeness (QED) is 0.411. The molecule has 0 nitrogen and oxygen atoms in total. The molecule has 2 aromatic carbocycles. The summed E-state index contributed by atoms with van der Waals surface area (Å²) in [6, 6.07) is 18.1. The number of benzene rings is 2. The van der Waals surface area contributed by atoms with E-state index in [9.17, 15) is 0 Å². The summed E-state index contributed by atoms with van der Waals surface area (Å²) in [6.07, 6.45) is 10.0. The molecule has 24 heavy (non-hydrogen) atoms. The topological polar surface area (TPSA) is 0 Å². The monoisotopic (exact) mass is 434 g/mol. The molecule has 0 fully saturated rings. The van der Waals surface area contributed by atoms with Crippen LogP contribution in [0.1, 0.15) is 44.2 Å². The van der Waals surface area contributed by atoms with Crippen LogP contribution in [0.3, 0.4) is 0 Å². The van der Waals surface area contributed by atoms with Gasteiger partial charge in [0.15, 0.2) is 0 Å². The minimum atomic E-state index is 0. The van der Waals surface area contributed by atoms with Gasteiger partial charge in [-0.2, -0.15) is 36.2 Å². The van der Waals surface area contributed by atoms with Crippen molar-refractivity contribution in [3.63, 3.8) is 0 Å². The van der Waals surface area contributed by atoms with Crippen LogP contribution in [-0.4, -0.2) is 3.21 Å². The van der Waals surface area contributed by atoms with Crippen LogP contribution in [0.2, 0.25) is 0 Å². The van der Waals surface area contributed by atoms with Gasteiger partial charge in [0.25, 0.3) is 0 Å². The number of hydrogen-bond acceptors (Lipinski definition) is 0. The normalized spacial score (nSPS) is 12.2. The molecule has 0 saturated carbocycles. The molecule has 0 heterocycles.